The predicted octanol–water partition coefficient (Wildman–Crippen LogP) is 0.915. The van der Waals surface area contributed by atoms with Gasteiger partial charge in [0.2, 0.25) is 0 Å². The molecular weight excluding hydrogens is 436 g/mol. The first kappa shape index (κ1) is 23.1. The molecule has 1 atom stereocenters. The molecule has 4 N–H and O–H groups in total. The quantitative estimate of drug-likeness (QED) is 0.389. The van der Waals surface area contributed by atoms with Gasteiger partial charge in [-0.2, -0.15) is 0 Å². The summed E-state index contributed by atoms with van der Waals surface area (Å²) in [6.45, 7) is 2.55. The molecule has 1 aromatic carbocycles. The number of anilines is 1. The Morgan fingerprint density at radius 1 is 1.24 bits per heavy atom. The normalized spacial score (nSPS) is 15.9. The van der Waals surface area contributed by atoms with Gasteiger partial charge < -0.3 is 15.5 Å². The average molecular weight is 465 g/mol. The third-order valence-electron chi connectivity index (χ3n) is 5.95. The first-order valence-electron chi connectivity index (χ1n) is 10.9. The SMILES string of the molecule is CCc1c(-c2ccc(-n3c(OC)nn(C)c3=O)cc2)ccnc1N1CCC(N(N)/C=C\N)C1=O. The van der Waals surface area contributed by atoms with E-state index in [1.165, 1.54) is 33.8 Å². The van der Waals surface area contributed by atoms with Gasteiger partial charge in [0.25, 0.3) is 5.91 Å². The van der Waals surface area contributed by atoms with Crippen LogP contribution in [0.2, 0.25) is 0 Å². The van der Waals surface area contributed by atoms with Crippen molar-refractivity contribution in [1.82, 2.24) is 24.3 Å². The largest absolute Gasteiger partial charge is 0.467 e. The summed E-state index contributed by atoms with van der Waals surface area (Å²) in [4.78, 5) is 31.8. The number of aryl methyl sites for hydroxylation is 1. The van der Waals surface area contributed by atoms with Crippen LogP contribution in [-0.2, 0) is 18.3 Å². The van der Waals surface area contributed by atoms with Crippen LogP contribution in [0.1, 0.15) is 18.9 Å². The molecule has 0 spiro atoms. The molecule has 3 aromatic rings. The van der Waals surface area contributed by atoms with Crippen LogP contribution in [0.5, 0.6) is 6.01 Å². The van der Waals surface area contributed by atoms with Crippen LogP contribution in [-0.4, -0.2) is 49.9 Å². The minimum atomic E-state index is -0.484. The number of pyridine rings is 1. The van der Waals surface area contributed by atoms with Gasteiger partial charge in [-0.15, -0.1) is 5.10 Å². The van der Waals surface area contributed by atoms with E-state index in [0.717, 1.165) is 16.7 Å². The molecule has 11 heteroatoms. The van der Waals surface area contributed by atoms with Gasteiger partial charge in [0.15, 0.2) is 0 Å². The second-order valence-corrected chi connectivity index (χ2v) is 7.87. The molecule has 2 aromatic heterocycles. The summed E-state index contributed by atoms with van der Waals surface area (Å²) >= 11 is 0. The van der Waals surface area contributed by atoms with E-state index in [0.29, 0.717) is 30.9 Å². The van der Waals surface area contributed by atoms with Crippen LogP contribution >= 0.6 is 0 Å². The minimum absolute atomic E-state index is 0.113. The Bertz CT molecular complexity index is 1280. The second kappa shape index (κ2) is 9.40. The number of carbonyl (C=O) groups is 1. The van der Waals surface area contributed by atoms with Gasteiger partial charge in [0.1, 0.15) is 11.9 Å². The van der Waals surface area contributed by atoms with E-state index < -0.39 is 6.04 Å². The van der Waals surface area contributed by atoms with Crippen molar-refractivity contribution in [3.8, 4) is 22.8 Å². The molecule has 1 fully saturated rings. The number of benzene rings is 1. The number of methoxy groups -OCH3 is 1. The van der Waals surface area contributed by atoms with E-state index in [1.807, 2.05) is 37.3 Å². The average Bonchev–Trinajstić information content (AvgIpc) is 3.37. The Balaban J connectivity index is 1.69. The van der Waals surface area contributed by atoms with Crippen LogP contribution in [0, 0.1) is 0 Å². The lowest BCUT2D eigenvalue weighted by Crippen LogP contribution is -2.43. The van der Waals surface area contributed by atoms with Gasteiger partial charge in [0.05, 0.1) is 12.8 Å². The maximum Gasteiger partial charge on any atom is 0.353 e. The van der Waals surface area contributed by atoms with Crippen LogP contribution in [0.25, 0.3) is 16.8 Å². The fraction of sp³-hybridized carbons (Fsp3) is 0.304. The number of amides is 1. The van der Waals surface area contributed by atoms with Gasteiger partial charge >= 0.3 is 11.7 Å². The number of aromatic nitrogens is 4. The molecule has 0 aliphatic carbocycles. The van der Waals surface area contributed by atoms with Crippen molar-refractivity contribution < 1.29 is 9.53 Å². The summed E-state index contributed by atoms with van der Waals surface area (Å²) in [5.41, 5.74) is 8.62. The van der Waals surface area contributed by atoms with Crippen LogP contribution < -0.4 is 26.9 Å². The van der Waals surface area contributed by atoms with Crippen molar-refractivity contribution >= 4 is 11.7 Å². The van der Waals surface area contributed by atoms with Crippen LogP contribution in [0.4, 0.5) is 5.82 Å². The monoisotopic (exact) mass is 464 g/mol. The zero-order valence-corrected chi connectivity index (χ0v) is 19.4. The highest BCUT2D eigenvalue weighted by atomic mass is 16.5. The maximum atomic E-state index is 13.1. The Morgan fingerprint density at radius 3 is 2.62 bits per heavy atom. The van der Waals surface area contributed by atoms with E-state index in [-0.39, 0.29) is 17.6 Å². The fourth-order valence-corrected chi connectivity index (χ4v) is 4.27. The topological polar surface area (TPSA) is 138 Å². The van der Waals surface area contributed by atoms with Crippen molar-refractivity contribution in [2.45, 2.75) is 25.8 Å². The zero-order valence-electron chi connectivity index (χ0n) is 19.4. The molecule has 0 saturated carbocycles. The van der Waals surface area contributed by atoms with Crippen molar-refractivity contribution in [3.05, 3.63) is 65.0 Å². The number of ether oxygens (including phenoxy) is 1. The minimum Gasteiger partial charge on any atom is -0.467 e. The van der Waals surface area contributed by atoms with E-state index in [4.69, 9.17) is 16.3 Å². The van der Waals surface area contributed by atoms with E-state index in [2.05, 4.69) is 10.1 Å². The van der Waals surface area contributed by atoms with Gasteiger partial charge in [-0.05, 0) is 42.2 Å². The molecule has 1 unspecified atom stereocenters. The Morgan fingerprint density at radius 2 is 1.97 bits per heavy atom. The predicted molar refractivity (Wildman–Crippen MR) is 128 cm³/mol. The third kappa shape index (κ3) is 3.90. The molecule has 34 heavy (non-hydrogen) atoms. The second-order valence-electron chi connectivity index (χ2n) is 7.87. The summed E-state index contributed by atoms with van der Waals surface area (Å²) in [5, 5.41) is 5.42. The molecule has 1 amide bonds. The highest BCUT2D eigenvalue weighted by molar-refractivity contribution is 6.00. The Hall–Kier alpha value is -4.12. The smallest absolute Gasteiger partial charge is 0.353 e. The van der Waals surface area contributed by atoms with Crippen LogP contribution in [0.15, 0.2) is 53.7 Å². The molecule has 4 rings (SSSR count). The van der Waals surface area contributed by atoms with E-state index in [1.54, 1.807) is 18.1 Å². The van der Waals surface area contributed by atoms with E-state index >= 15 is 0 Å². The summed E-state index contributed by atoms with van der Waals surface area (Å²) in [6.07, 6.45) is 5.75. The van der Waals surface area contributed by atoms with Crippen molar-refractivity contribution in [1.29, 1.82) is 0 Å². The fourth-order valence-electron chi connectivity index (χ4n) is 4.27. The number of nitrogens with two attached hydrogens (primary N) is 2. The molecule has 11 nitrogen and oxygen atoms in total. The standard InChI is InChI=1S/C23H28N8O3/c1-4-17-18(9-12-26-20(17)29-13-10-19(21(29)32)30(25)14-11-24)15-5-7-16(8-6-15)31-22(34-3)27-28(2)23(31)33/h5-9,11-12,14,19H,4,10,13,24-25H2,1-3H3/b14-11-. The number of hydrogen-bond acceptors (Lipinski definition) is 8. The van der Waals surface area contributed by atoms with Gasteiger partial charge in [-0.1, -0.05) is 19.1 Å². The summed E-state index contributed by atoms with van der Waals surface area (Å²) in [6, 6.07) is 9.18. The lowest BCUT2D eigenvalue weighted by atomic mass is 9.98. The molecular formula is C23H28N8O3. The molecule has 1 aliphatic rings. The van der Waals surface area contributed by atoms with Gasteiger partial charge in [-0.3, -0.25) is 9.69 Å². The van der Waals surface area contributed by atoms with Crippen molar-refractivity contribution in [2.24, 2.45) is 18.6 Å². The summed E-state index contributed by atoms with van der Waals surface area (Å²) in [5.74, 6) is 6.48. The molecule has 3 heterocycles. The number of carbonyl (C=O) groups excluding carboxylic acids is 1. The highest BCUT2D eigenvalue weighted by Crippen LogP contribution is 2.33. The van der Waals surface area contributed by atoms with Crippen molar-refractivity contribution in [3.63, 3.8) is 0 Å². The zero-order chi connectivity index (χ0) is 24.4. The first-order valence-corrected chi connectivity index (χ1v) is 10.9. The van der Waals surface area contributed by atoms with Crippen molar-refractivity contribution in [2.75, 3.05) is 18.6 Å². The number of nitrogens with zero attached hydrogens (tertiary/aromatic N) is 6. The lowest BCUT2D eigenvalue weighted by molar-refractivity contribution is -0.120. The summed E-state index contributed by atoms with van der Waals surface area (Å²) < 4.78 is 7.87. The first-order chi connectivity index (χ1) is 16.4. The lowest BCUT2D eigenvalue weighted by Gasteiger charge is -2.23. The Labute approximate surface area is 196 Å². The number of hydrazine groups is 1. The summed E-state index contributed by atoms with van der Waals surface area (Å²) in [7, 11) is 3.04. The third-order valence-corrected chi connectivity index (χ3v) is 5.95. The molecule has 178 valence electrons. The Kier molecular flexibility index (Phi) is 6.37. The van der Waals surface area contributed by atoms with E-state index in [9.17, 15) is 9.59 Å². The maximum absolute atomic E-state index is 13.1. The van der Waals surface area contributed by atoms with Gasteiger partial charge in [0, 0.05) is 37.8 Å². The number of rotatable bonds is 7. The molecule has 0 radical (unpaired) electrons. The molecule has 1 saturated heterocycles. The number of hydrogen-bond donors (Lipinski definition) is 2. The highest BCUT2D eigenvalue weighted by Gasteiger charge is 2.36. The van der Waals surface area contributed by atoms with Gasteiger partial charge in [-0.25, -0.2) is 24.9 Å². The molecule has 1 aliphatic heterocycles. The molecule has 0 bridgehead atoms. The van der Waals surface area contributed by atoms with Crippen LogP contribution in [0.3, 0.4) is 0 Å².